The van der Waals surface area contributed by atoms with E-state index in [2.05, 4.69) is 39.3 Å². The molecule has 4 nitrogen and oxygen atoms in total. The molecule has 0 amide bonds. The fourth-order valence-electron chi connectivity index (χ4n) is 1.44. The molecule has 0 atom stereocenters. The van der Waals surface area contributed by atoms with Crippen LogP contribution in [0, 0.1) is 0 Å². The van der Waals surface area contributed by atoms with Crippen molar-refractivity contribution in [2.45, 2.75) is 58.5 Å². The number of ether oxygens (including phenoxy) is 1. The Morgan fingerprint density at radius 1 is 1.10 bits per heavy atom. The first-order valence-corrected chi connectivity index (χ1v) is 15.7. The van der Waals surface area contributed by atoms with E-state index in [9.17, 15) is 4.79 Å². The van der Waals surface area contributed by atoms with Gasteiger partial charge in [-0.05, 0) is 45.7 Å². The van der Waals surface area contributed by atoms with Crippen molar-refractivity contribution in [3.05, 3.63) is 11.8 Å². The Kier molecular flexibility index (Phi) is 8.84. The molecule has 0 aliphatic heterocycles. The van der Waals surface area contributed by atoms with Crippen molar-refractivity contribution in [2.75, 3.05) is 6.61 Å². The van der Waals surface area contributed by atoms with Crippen molar-refractivity contribution in [3.8, 4) is 0 Å². The minimum absolute atomic E-state index is 0.122. The highest BCUT2D eigenvalue weighted by Gasteiger charge is 2.26. The van der Waals surface area contributed by atoms with Gasteiger partial charge in [0.05, 0.1) is 6.61 Å². The molecule has 0 fully saturated rings. The largest absolute Gasteiger partial charge is 0.463 e. The predicted molar refractivity (Wildman–Crippen MR) is 91.6 cm³/mol. The molecule has 0 aromatic carbocycles. The zero-order valence-corrected chi connectivity index (χ0v) is 17.4. The summed E-state index contributed by atoms with van der Waals surface area (Å²) < 4.78 is 17.2. The van der Waals surface area contributed by atoms with Crippen LogP contribution in [0.5, 0.6) is 0 Å². The second-order valence-electron chi connectivity index (χ2n) is 6.70. The van der Waals surface area contributed by atoms with Crippen LogP contribution in [0.4, 0.5) is 0 Å². The monoisotopic (exact) mass is 334 g/mol. The molecule has 0 heterocycles. The average Bonchev–Trinajstić information content (AvgIpc) is 2.21. The van der Waals surface area contributed by atoms with Gasteiger partial charge >= 0.3 is 5.97 Å². The fraction of sp³-hybridized carbons (Fsp3) is 0.769. The standard InChI is InChI=1S/C13H30O4Si3/c1-8-10-15-12(14)9-11-18-13(16-19(2,3)4)17-20(5,6)7/h9,11,13H,8,10,18H2,1-7H3. The Labute approximate surface area is 128 Å². The topological polar surface area (TPSA) is 44.8 Å². The molecule has 0 rings (SSSR count). The minimum atomic E-state index is -1.64. The SMILES string of the molecule is CCCOC(=O)C=C[SiH2]C(O[Si](C)(C)C)O[Si](C)(C)C. The summed E-state index contributed by atoms with van der Waals surface area (Å²) in [5, 5.41) is 0. The molecule has 0 aliphatic carbocycles. The highest BCUT2D eigenvalue weighted by molar-refractivity contribution is 6.72. The van der Waals surface area contributed by atoms with Gasteiger partial charge < -0.3 is 13.6 Å². The molecule has 0 spiro atoms. The van der Waals surface area contributed by atoms with E-state index in [1.807, 2.05) is 12.6 Å². The summed E-state index contributed by atoms with van der Waals surface area (Å²) in [5.74, 6) is -0.386. The third-order valence-electron chi connectivity index (χ3n) is 2.00. The lowest BCUT2D eigenvalue weighted by Crippen LogP contribution is -2.42. The van der Waals surface area contributed by atoms with Gasteiger partial charge in [-0.1, -0.05) is 12.6 Å². The quantitative estimate of drug-likeness (QED) is 0.281. The molecule has 0 saturated carbocycles. The lowest BCUT2D eigenvalue weighted by molar-refractivity contribution is -0.137. The summed E-state index contributed by atoms with van der Waals surface area (Å²) in [5.41, 5.74) is 1.92. The molecule has 0 N–H and O–H groups in total. The summed E-state index contributed by atoms with van der Waals surface area (Å²) in [6.07, 6.45) is 2.37. The second kappa shape index (κ2) is 8.93. The minimum Gasteiger partial charge on any atom is -0.463 e. The third-order valence-corrected chi connectivity index (χ3v) is 5.83. The Morgan fingerprint density at radius 3 is 2.00 bits per heavy atom. The molecular formula is C13H30O4Si3. The summed E-state index contributed by atoms with van der Waals surface area (Å²) in [7, 11) is -4.03. The van der Waals surface area contributed by atoms with E-state index in [0.717, 1.165) is 6.42 Å². The van der Waals surface area contributed by atoms with Gasteiger partial charge in [0.25, 0.3) is 0 Å². The van der Waals surface area contributed by atoms with E-state index in [4.69, 9.17) is 13.6 Å². The van der Waals surface area contributed by atoms with Gasteiger partial charge in [-0.25, -0.2) is 4.79 Å². The van der Waals surface area contributed by atoms with E-state index in [0.29, 0.717) is 6.61 Å². The van der Waals surface area contributed by atoms with Crippen molar-refractivity contribution < 1.29 is 18.4 Å². The fourth-order valence-corrected chi connectivity index (χ4v) is 7.53. The Morgan fingerprint density at radius 2 is 1.60 bits per heavy atom. The van der Waals surface area contributed by atoms with Gasteiger partial charge in [0.15, 0.2) is 16.6 Å². The molecule has 0 bridgehead atoms. The van der Waals surface area contributed by atoms with Crippen LogP contribution in [0.2, 0.25) is 39.3 Å². The zero-order valence-electron chi connectivity index (χ0n) is 14.0. The van der Waals surface area contributed by atoms with Crippen LogP contribution in [0.1, 0.15) is 13.3 Å². The maximum atomic E-state index is 11.4. The molecule has 0 saturated heterocycles. The van der Waals surface area contributed by atoms with E-state index in [1.54, 1.807) is 0 Å². The van der Waals surface area contributed by atoms with Gasteiger partial charge in [-0.2, -0.15) is 0 Å². The Hall–Kier alpha value is -0.219. The molecule has 0 unspecified atom stereocenters. The first-order chi connectivity index (χ1) is 9.03. The van der Waals surface area contributed by atoms with Gasteiger partial charge in [-0.15, -0.1) is 0 Å². The molecule has 0 aliphatic rings. The van der Waals surface area contributed by atoms with E-state index >= 15 is 0 Å². The van der Waals surface area contributed by atoms with Crippen molar-refractivity contribution in [1.29, 1.82) is 0 Å². The maximum Gasteiger partial charge on any atom is 0.330 e. The van der Waals surface area contributed by atoms with Crippen molar-refractivity contribution in [2.24, 2.45) is 0 Å². The first-order valence-electron chi connectivity index (χ1n) is 7.22. The van der Waals surface area contributed by atoms with Crippen LogP contribution >= 0.6 is 0 Å². The van der Waals surface area contributed by atoms with Crippen LogP contribution < -0.4 is 0 Å². The molecular weight excluding hydrogens is 304 g/mol. The van der Waals surface area contributed by atoms with Crippen molar-refractivity contribution >= 4 is 32.1 Å². The number of esters is 1. The van der Waals surface area contributed by atoms with Crippen LogP contribution in [0.15, 0.2) is 11.8 Å². The Balaban J connectivity index is 4.42. The van der Waals surface area contributed by atoms with Gasteiger partial charge in [-0.3, -0.25) is 0 Å². The molecule has 118 valence electrons. The lowest BCUT2D eigenvalue weighted by Gasteiger charge is -2.31. The van der Waals surface area contributed by atoms with Crippen LogP contribution in [0.25, 0.3) is 0 Å². The van der Waals surface area contributed by atoms with E-state index in [-0.39, 0.29) is 11.9 Å². The van der Waals surface area contributed by atoms with Crippen LogP contribution in [-0.2, 0) is 18.4 Å². The Bertz CT molecular complexity index is 303. The first kappa shape index (κ1) is 19.8. The molecule has 0 radical (unpaired) electrons. The summed E-state index contributed by atoms with van der Waals surface area (Å²) in [4.78, 5) is 11.4. The maximum absolute atomic E-state index is 11.4. The number of rotatable bonds is 9. The zero-order chi connectivity index (χ0) is 15.8. The van der Waals surface area contributed by atoms with Gasteiger partial charge in [0.1, 0.15) is 15.4 Å². The van der Waals surface area contributed by atoms with Crippen molar-refractivity contribution in [1.82, 2.24) is 0 Å². The van der Waals surface area contributed by atoms with Gasteiger partial charge in [0.2, 0.25) is 0 Å². The highest BCUT2D eigenvalue weighted by Crippen LogP contribution is 2.13. The smallest absolute Gasteiger partial charge is 0.330 e. The molecule has 0 aromatic heterocycles. The third kappa shape index (κ3) is 12.8. The van der Waals surface area contributed by atoms with E-state index in [1.165, 1.54) is 6.08 Å². The average molecular weight is 335 g/mol. The number of hydrogen-bond donors (Lipinski definition) is 0. The highest BCUT2D eigenvalue weighted by atomic mass is 28.4. The number of carbonyl (C=O) groups excluding carboxylic acids is 1. The molecule has 7 heteroatoms. The summed E-state index contributed by atoms with van der Waals surface area (Å²) >= 11 is 0. The molecule has 0 aromatic rings. The second-order valence-corrected chi connectivity index (χ2v) is 17.2. The number of hydrogen-bond acceptors (Lipinski definition) is 4. The summed E-state index contributed by atoms with van der Waals surface area (Å²) in [6, 6.07) is 0. The summed E-state index contributed by atoms with van der Waals surface area (Å²) in [6.45, 7) is 15.4. The van der Waals surface area contributed by atoms with Gasteiger partial charge in [0, 0.05) is 6.08 Å². The normalized spacial score (nSPS) is 13.8. The lowest BCUT2D eigenvalue weighted by atomic mass is 10.5. The van der Waals surface area contributed by atoms with Crippen molar-refractivity contribution in [3.63, 3.8) is 0 Å². The predicted octanol–water partition coefficient (Wildman–Crippen LogP) is 2.61. The van der Waals surface area contributed by atoms with Crippen LogP contribution in [0.3, 0.4) is 0 Å². The van der Waals surface area contributed by atoms with E-state index < -0.39 is 26.2 Å². The van der Waals surface area contributed by atoms with Crippen LogP contribution in [-0.4, -0.2) is 44.6 Å². The number of carbonyl (C=O) groups is 1. The molecule has 20 heavy (non-hydrogen) atoms.